The molecule has 106 valence electrons. The number of hydrogen-bond acceptors (Lipinski definition) is 5. The molecule has 3 rings (SSSR count). The number of nitrogens with one attached hydrogen (secondary N) is 1. The predicted molar refractivity (Wildman–Crippen MR) is 74.5 cm³/mol. The smallest absolute Gasteiger partial charge is 0.229 e. The lowest BCUT2D eigenvalue weighted by Crippen LogP contribution is -2.09. The number of hydrogen-bond donors (Lipinski definition) is 1. The Bertz CT molecular complexity index is 591. The van der Waals surface area contributed by atoms with E-state index in [2.05, 4.69) is 21.5 Å². The summed E-state index contributed by atoms with van der Waals surface area (Å²) in [7, 11) is 1.92. The van der Waals surface area contributed by atoms with Gasteiger partial charge in [0.1, 0.15) is 5.75 Å². The zero-order chi connectivity index (χ0) is 13.9. The van der Waals surface area contributed by atoms with Crippen LogP contribution in [0.3, 0.4) is 0 Å². The van der Waals surface area contributed by atoms with E-state index in [0.29, 0.717) is 18.3 Å². The van der Waals surface area contributed by atoms with Crippen LogP contribution in [-0.4, -0.2) is 17.2 Å². The summed E-state index contributed by atoms with van der Waals surface area (Å²) in [5, 5.41) is 7.12. The molecule has 20 heavy (non-hydrogen) atoms. The number of aromatic nitrogens is 2. The van der Waals surface area contributed by atoms with Crippen molar-refractivity contribution in [1.29, 1.82) is 0 Å². The number of aryl methyl sites for hydroxylation is 1. The minimum absolute atomic E-state index is 0.345. The summed E-state index contributed by atoms with van der Waals surface area (Å²) in [6, 6.07) is 6.14. The number of benzene rings is 1. The Morgan fingerprint density at radius 1 is 1.40 bits per heavy atom. The molecule has 1 N–H and O–H groups in total. The summed E-state index contributed by atoms with van der Waals surface area (Å²) in [6.45, 7) is 3.16. The number of rotatable bonds is 6. The molecule has 0 spiro atoms. The molecule has 0 unspecified atom stereocenters. The minimum atomic E-state index is 0.345. The van der Waals surface area contributed by atoms with Crippen molar-refractivity contribution in [3.05, 3.63) is 41.0 Å². The fourth-order valence-electron chi connectivity index (χ4n) is 2.21. The van der Waals surface area contributed by atoms with E-state index in [0.717, 1.165) is 42.2 Å². The van der Waals surface area contributed by atoms with E-state index in [-0.39, 0.29) is 0 Å². The summed E-state index contributed by atoms with van der Waals surface area (Å²) < 4.78 is 11.1. The van der Waals surface area contributed by atoms with Gasteiger partial charge in [-0.2, -0.15) is 4.98 Å². The van der Waals surface area contributed by atoms with Crippen molar-refractivity contribution in [2.24, 2.45) is 0 Å². The summed E-state index contributed by atoms with van der Waals surface area (Å²) >= 11 is 0. The third kappa shape index (κ3) is 2.82. The Labute approximate surface area is 118 Å². The quantitative estimate of drug-likeness (QED) is 0.876. The Hall–Kier alpha value is -1.88. The highest BCUT2D eigenvalue weighted by atomic mass is 16.5. The topological polar surface area (TPSA) is 60.2 Å². The second-order valence-electron chi connectivity index (χ2n) is 5.21. The molecule has 1 fully saturated rings. The van der Waals surface area contributed by atoms with Crippen LogP contribution in [0.2, 0.25) is 0 Å². The van der Waals surface area contributed by atoms with Gasteiger partial charge in [-0.15, -0.1) is 0 Å². The molecule has 0 amide bonds. The average Bonchev–Trinajstić information content (AvgIpc) is 3.18. The lowest BCUT2D eigenvalue weighted by molar-refractivity contribution is 0.280. The van der Waals surface area contributed by atoms with Crippen LogP contribution in [0.1, 0.15) is 41.6 Å². The van der Waals surface area contributed by atoms with Gasteiger partial charge >= 0.3 is 0 Å². The van der Waals surface area contributed by atoms with Gasteiger partial charge in [0.25, 0.3) is 0 Å². The van der Waals surface area contributed by atoms with Crippen molar-refractivity contribution in [3.8, 4) is 5.75 Å². The molecular weight excluding hydrogens is 254 g/mol. The third-order valence-corrected chi connectivity index (χ3v) is 3.42. The van der Waals surface area contributed by atoms with Crippen LogP contribution in [0.5, 0.6) is 5.75 Å². The molecule has 0 saturated heterocycles. The zero-order valence-electron chi connectivity index (χ0n) is 11.8. The van der Waals surface area contributed by atoms with Gasteiger partial charge in [0.15, 0.2) is 6.61 Å². The molecule has 0 atom stereocenters. The predicted octanol–water partition coefficient (Wildman–Crippen LogP) is 2.55. The monoisotopic (exact) mass is 273 g/mol. The maximum absolute atomic E-state index is 5.90. The average molecular weight is 273 g/mol. The molecule has 1 aliphatic carbocycles. The van der Waals surface area contributed by atoms with Crippen molar-refractivity contribution in [1.82, 2.24) is 15.5 Å². The molecule has 0 aliphatic heterocycles. The Morgan fingerprint density at radius 2 is 2.25 bits per heavy atom. The molecule has 2 aromatic rings. The maximum atomic E-state index is 5.90. The normalized spacial score (nSPS) is 14.5. The van der Waals surface area contributed by atoms with Gasteiger partial charge < -0.3 is 14.6 Å². The zero-order valence-corrected chi connectivity index (χ0v) is 11.8. The standard InChI is InChI=1S/C15H19N3O2/c1-10-4-3-5-12(8-16-2)14(10)19-9-13-17-15(20-18-13)11-6-7-11/h3-5,11,16H,6-9H2,1-2H3. The summed E-state index contributed by atoms with van der Waals surface area (Å²) in [6.07, 6.45) is 2.32. The third-order valence-electron chi connectivity index (χ3n) is 3.42. The molecule has 5 heteroatoms. The van der Waals surface area contributed by atoms with Crippen molar-refractivity contribution in [3.63, 3.8) is 0 Å². The van der Waals surface area contributed by atoms with E-state index < -0.39 is 0 Å². The first-order valence-electron chi connectivity index (χ1n) is 6.96. The lowest BCUT2D eigenvalue weighted by atomic mass is 10.1. The Kier molecular flexibility index (Phi) is 3.69. The van der Waals surface area contributed by atoms with Crippen molar-refractivity contribution >= 4 is 0 Å². The summed E-state index contributed by atoms with van der Waals surface area (Å²) in [5.41, 5.74) is 2.25. The van der Waals surface area contributed by atoms with E-state index >= 15 is 0 Å². The van der Waals surface area contributed by atoms with Crippen LogP contribution in [0.15, 0.2) is 22.7 Å². The van der Waals surface area contributed by atoms with Crippen LogP contribution in [0, 0.1) is 6.92 Å². The van der Waals surface area contributed by atoms with Crippen LogP contribution < -0.4 is 10.1 Å². The highest BCUT2D eigenvalue weighted by molar-refractivity contribution is 5.40. The second-order valence-corrected chi connectivity index (χ2v) is 5.21. The molecule has 1 saturated carbocycles. The Morgan fingerprint density at radius 3 is 3.00 bits per heavy atom. The van der Waals surface area contributed by atoms with Gasteiger partial charge in [-0.1, -0.05) is 23.4 Å². The van der Waals surface area contributed by atoms with Crippen LogP contribution in [0.4, 0.5) is 0 Å². The first-order valence-corrected chi connectivity index (χ1v) is 6.96. The molecule has 1 aromatic carbocycles. The van der Waals surface area contributed by atoms with E-state index in [9.17, 15) is 0 Å². The van der Waals surface area contributed by atoms with Gasteiger partial charge in [0.2, 0.25) is 11.7 Å². The summed E-state index contributed by atoms with van der Waals surface area (Å²) in [5.74, 6) is 2.75. The van der Waals surface area contributed by atoms with Crippen LogP contribution in [0.25, 0.3) is 0 Å². The van der Waals surface area contributed by atoms with E-state index in [4.69, 9.17) is 9.26 Å². The second kappa shape index (κ2) is 5.63. The largest absolute Gasteiger partial charge is 0.485 e. The van der Waals surface area contributed by atoms with Crippen LogP contribution in [-0.2, 0) is 13.2 Å². The first kappa shape index (κ1) is 13.1. The minimum Gasteiger partial charge on any atom is -0.485 e. The van der Waals surface area contributed by atoms with Crippen molar-refractivity contribution in [2.45, 2.75) is 38.8 Å². The van der Waals surface area contributed by atoms with Gasteiger partial charge in [-0.05, 0) is 32.4 Å². The summed E-state index contributed by atoms with van der Waals surface area (Å²) in [4.78, 5) is 4.37. The number of nitrogens with zero attached hydrogens (tertiary/aromatic N) is 2. The molecule has 0 radical (unpaired) electrons. The van der Waals surface area contributed by atoms with E-state index in [1.807, 2.05) is 26.1 Å². The molecule has 0 bridgehead atoms. The lowest BCUT2D eigenvalue weighted by Gasteiger charge is -2.12. The molecule has 1 aromatic heterocycles. The van der Waals surface area contributed by atoms with E-state index in [1.54, 1.807) is 0 Å². The molecule has 1 aliphatic rings. The number of para-hydroxylation sites is 1. The van der Waals surface area contributed by atoms with Gasteiger partial charge in [-0.25, -0.2) is 0 Å². The highest BCUT2D eigenvalue weighted by Gasteiger charge is 2.29. The van der Waals surface area contributed by atoms with Crippen LogP contribution >= 0.6 is 0 Å². The van der Waals surface area contributed by atoms with Gasteiger partial charge in [-0.3, -0.25) is 0 Å². The first-order chi connectivity index (χ1) is 9.78. The highest BCUT2D eigenvalue weighted by Crippen LogP contribution is 2.38. The maximum Gasteiger partial charge on any atom is 0.229 e. The van der Waals surface area contributed by atoms with Gasteiger partial charge in [0, 0.05) is 18.0 Å². The Balaban J connectivity index is 1.70. The van der Waals surface area contributed by atoms with Crippen molar-refractivity contribution < 1.29 is 9.26 Å². The van der Waals surface area contributed by atoms with Crippen molar-refractivity contribution in [2.75, 3.05) is 7.05 Å². The fourth-order valence-corrected chi connectivity index (χ4v) is 2.21. The van der Waals surface area contributed by atoms with E-state index in [1.165, 1.54) is 0 Å². The fraction of sp³-hybridized carbons (Fsp3) is 0.467. The SMILES string of the molecule is CNCc1cccc(C)c1OCc1noc(C2CC2)n1. The molecule has 5 nitrogen and oxygen atoms in total. The molecular formula is C15H19N3O2. The van der Waals surface area contributed by atoms with Gasteiger partial charge in [0.05, 0.1) is 0 Å². The number of ether oxygens (including phenoxy) is 1. The molecule has 1 heterocycles.